The Morgan fingerprint density at radius 1 is 1.38 bits per heavy atom. The van der Waals surface area contributed by atoms with E-state index in [0.29, 0.717) is 31.1 Å². The van der Waals surface area contributed by atoms with Crippen LogP contribution in [-0.2, 0) is 10.2 Å². The van der Waals surface area contributed by atoms with E-state index < -0.39 is 10.2 Å². The molecule has 1 fully saturated rings. The van der Waals surface area contributed by atoms with Crippen LogP contribution in [0.15, 0.2) is 4.42 Å². The van der Waals surface area contributed by atoms with Crippen molar-refractivity contribution in [2.75, 3.05) is 27.2 Å². The molecule has 0 radical (unpaired) electrons. The third-order valence-corrected chi connectivity index (χ3v) is 5.76. The molecule has 0 aliphatic carbocycles. The van der Waals surface area contributed by atoms with Gasteiger partial charge in [-0.1, -0.05) is 0 Å². The van der Waals surface area contributed by atoms with E-state index in [1.807, 2.05) is 0 Å². The molecule has 1 atom stereocenters. The molecule has 1 amide bonds. The van der Waals surface area contributed by atoms with Crippen LogP contribution in [0, 0.1) is 13.8 Å². The van der Waals surface area contributed by atoms with Gasteiger partial charge >= 0.3 is 0 Å². The summed E-state index contributed by atoms with van der Waals surface area (Å²) in [5.41, 5.74) is 0.593. The molecule has 1 saturated heterocycles. The van der Waals surface area contributed by atoms with Crippen molar-refractivity contribution in [1.29, 1.82) is 0 Å². The summed E-state index contributed by atoms with van der Waals surface area (Å²) in [6.45, 7) is 4.42. The molecular weight excluding hydrogens is 332 g/mol. The highest BCUT2D eigenvalue weighted by atomic mass is 32.2. The van der Waals surface area contributed by atoms with E-state index in [0.717, 1.165) is 23.6 Å². The molecule has 9 heteroatoms. The van der Waals surface area contributed by atoms with Crippen LogP contribution >= 0.6 is 0 Å². The van der Waals surface area contributed by atoms with Gasteiger partial charge in [0.15, 0.2) is 5.89 Å². The topological polar surface area (TPSA) is 95.8 Å². The standard InChI is InChI=1S/C15H26N4O4S/c1-11-14(23-12(2)17-11)15(20)19-10-6-5-7-13(19)8-9-16-24(21,22)18(3)4/h13,16H,5-10H2,1-4H3. The van der Waals surface area contributed by atoms with Crippen LogP contribution in [0.1, 0.15) is 47.8 Å². The molecule has 1 aromatic rings. The number of hydrogen-bond acceptors (Lipinski definition) is 5. The smallest absolute Gasteiger partial charge is 0.291 e. The lowest BCUT2D eigenvalue weighted by Gasteiger charge is -2.35. The van der Waals surface area contributed by atoms with E-state index in [1.165, 1.54) is 14.1 Å². The summed E-state index contributed by atoms with van der Waals surface area (Å²) in [7, 11) is -0.481. The maximum absolute atomic E-state index is 12.8. The number of rotatable bonds is 6. The predicted molar refractivity (Wildman–Crippen MR) is 89.9 cm³/mol. The van der Waals surface area contributed by atoms with Crippen LogP contribution in [0.25, 0.3) is 0 Å². The number of carbonyl (C=O) groups is 1. The van der Waals surface area contributed by atoms with Gasteiger partial charge in [-0.3, -0.25) is 4.79 Å². The third-order valence-electron chi connectivity index (χ3n) is 4.23. The minimum atomic E-state index is -3.44. The normalized spacial score (nSPS) is 19.0. The molecule has 0 spiro atoms. The van der Waals surface area contributed by atoms with E-state index in [9.17, 15) is 13.2 Å². The molecule has 1 N–H and O–H groups in total. The van der Waals surface area contributed by atoms with Crippen molar-refractivity contribution < 1.29 is 17.6 Å². The Morgan fingerprint density at radius 2 is 2.08 bits per heavy atom. The largest absolute Gasteiger partial charge is 0.436 e. The Kier molecular flexibility index (Phi) is 6.00. The summed E-state index contributed by atoms with van der Waals surface area (Å²) in [6, 6.07) is 0.000850. The Bertz CT molecular complexity index is 684. The van der Waals surface area contributed by atoms with Crippen molar-refractivity contribution in [2.45, 2.75) is 45.6 Å². The number of aryl methyl sites for hydroxylation is 2. The fraction of sp³-hybridized carbons (Fsp3) is 0.733. The van der Waals surface area contributed by atoms with Gasteiger partial charge in [0.05, 0.1) is 5.69 Å². The first-order valence-corrected chi connectivity index (χ1v) is 9.58. The lowest BCUT2D eigenvalue weighted by molar-refractivity contribution is 0.0569. The van der Waals surface area contributed by atoms with Crippen molar-refractivity contribution in [3.05, 3.63) is 17.3 Å². The van der Waals surface area contributed by atoms with Gasteiger partial charge in [-0.2, -0.15) is 12.7 Å². The van der Waals surface area contributed by atoms with Crippen LogP contribution in [0.3, 0.4) is 0 Å². The highest BCUT2D eigenvalue weighted by Gasteiger charge is 2.30. The maximum Gasteiger partial charge on any atom is 0.291 e. The molecule has 0 saturated carbocycles. The third kappa shape index (κ3) is 4.34. The number of carbonyl (C=O) groups excluding carboxylic acids is 1. The summed E-state index contributed by atoms with van der Waals surface area (Å²) >= 11 is 0. The summed E-state index contributed by atoms with van der Waals surface area (Å²) in [6.07, 6.45) is 3.41. The number of amides is 1. The highest BCUT2D eigenvalue weighted by Crippen LogP contribution is 2.23. The first-order chi connectivity index (χ1) is 11.2. The second-order valence-corrected chi connectivity index (χ2v) is 8.24. The fourth-order valence-electron chi connectivity index (χ4n) is 2.91. The molecule has 0 aromatic carbocycles. The van der Waals surface area contributed by atoms with Crippen LogP contribution in [0.4, 0.5) is 0 Å². The van der Waals surface area contributed by atoms with Gasteiger partial charge in [-0.25, -0.2) is 9.71 Å². The van der Waals surface area contributed by atoms with Crippen molar-refractivity contribution in [3.63, 3.8) is 0 Å². The SMILES string of the molecule is Cc1nc(C)c(C(=O)N2CCCCC2CCNS(=O)(=O)N(C)C)o1. The zero-order valence-corrected chi connectivity index (χ0v) is 15.5. The lowest BCUT2D eigenvalue weighted by Crippen LogP contribution is -2.46. The molecule has 2 heterocycles. The van der Waals surface area contributed by atoms with Crippen LogP contribution < -0.4 is 4.72 Å². The van der Waals surface area contributed by atoms with Gasteiger partial charge in [0.25, 0.3) is 16.1 Å². The second kappa shape index (κ2) is 7.62. The fourth-order valence-corrected chi connectivity index (χ4v) is 3.55. The molecular formula is C15H26N4O4S. The minimum Gasteiger partial charge on any atom is -0.436 e. The van der Waals surface area contributed by atoms with E-state index >= 15 is 0 Å². The van der Waals surface area contributed by atoms with E-state index in [-0.39, 0.29) is 17.7 Å². The average molecular weight is 358 g/mol. The first-order valence-electron chi connectivity index (χ1n) is 8.14. The monoisotopic (exact) mass is 358 g/mol. The molecule has 2 rings (SSSR count). The van der Waals surface area contributed by atoms with E-state index in [2.05, 4.69) is 9.71 Å². The Hall–Kier alpha value is -1.45. The Labute approximate surface area is 143 Å². The van der Waals surface area contributed by atoms with E-state index in [4.69, 9.17) is 4.42 Å². The molecule has 8 nitrogen and oxygen atoms in total. The van der Waals surface area contributed by atoms with Crippen molar-refractivity contribution in [1.82, 2.24) is 18.9 Å². The van der Waals surface area contributed by atoms with Crippen molar-refractivity contribution >= 4 is 16.1 Å². The predicted octanol–water partition coefficient (Wildman–Crippen LogP) is 1.07. The Morgan fingerprint density at radius 3 is 2.67 bits per heavy atom. The molecule has 1 unspecified atom stereocenters. The number of nitrogens with one attached hydrogen (secondary N) is 1. The first kappa shape index (κ1) is 18.9. The number of piperidine rings is 1. The van der Waals surface area contributed by atoms with Crippen LogP contribution in [0.2, 0.25) is 0 Å². The van der Waals surface area contributed by atoms with Gasteiger partial charge in [0.1, 0.15) is 0 Å². The van der Waals surface area contributed by atoms with E-state index in [1.54, 1.807) is 18.7 Å². The van der Waals surface area contributed by atoms with Gasteiger partial charge in [-0.05, 0) is 32.6 Å². The number of hydrogen-bond donors (Lipinski definition) is 1. The zero-order valence-electron chi connectivity index (χ0n) is 14.7. The molecule has 0 bridgehead atoms. The molecule has 1 aliphatic rings. The van der Waals surface area contributed by atoms with Gasteiger partial charge in [-0.15, -0.1) is 0 Å². The number of aromatic nitrogens is 1. The lowest BCUT2D eigenvalue weighted by atomic mass is 9.99. The second-order valence-electron chi connectivity index (χ2n) is 6.27. The van der Waals surface area contributed by atoms with Crippen LogP contribution in [0.5, 0.6) is 0 Å². The van der Waals surface area contributed by atoms with Crippen molar-refractivity contribution in [2.24, 2.45) is 0 Å². The quantitative estimate of drug-likeness (QED) is 0.821. The van der Waals surface area contributed by atoms with Gasteiger partial charge in [0.2, 0.25) is 5.76 Å². The minimum absolute atomic E-state index is 0.000850. The summed E-state index contributed by atoms with van der Waals surface area (Å²) in [4.78, 5) is 18.7. The summed E-state index contributed by atoms with van der Waals surface area (Å²) < 4.78 is 32.7. The summed E-state index contributed by atoms with van der Waals surface area (Å²) in [5, 5.41) is 0. The number of nitrogens with zero attached hydrogens (tertiary/aromatic N) is 3. The molecule has 24 heavy (non-hydrogen) atoms. The number of likely N-dealkylation sites (tertiary alicyclic amines) is 1. The van der Waals surface area contributed by atoms with Gasteiger partial charge in [0, 0.05) is 40.2 Å². The average Bonchev–Trinajstić information content (AvgIpc) is 2.85. The maximum atomic E-state index is 12.8. The Balaban J connectivity index is 2.03. The zero-order chi connectivity index (χ0) is 17.9. The molecule has 1 aliphatic heterocycles. The van der Waals surface area contributed by atoms with Gasteiger partial charge < -0.3 is 9.32 Å². The summed E-state index contributed by atoms with van der Waals surface area (Å²) in [5.74, 6) is 0.602. The van der Waals surface area contributed by atoms with Crippen molar-refractivity contribution in [3.8, 4) is 0 Å². The molecule has 1 aromatic heterocycles. The number of oxazole rings is 1. The highest BCUT2D eigenvalue weighted by molar-refractivity contribution is 7.87. The molecule has 136 valence electrons. The van der Waals surface area contributed by atoms with Crippen LogP contribution in [-0.4, -0.2) is 61.7 Å².